The molecule has 0 saturated heterocycles. The van der Waals surface area contributed by atoms with Gasteiger partial charge in [-0.15, -0.1) is 24.0 Å². The van der Waals surface area contributed by atoms with Crippen LogP contribution >= 0.6 is 24.0 Å². The van der Waals surface area contributed by atoms with E-state index in [-0.39, 0.29) is 42.0 Å². The van der Waals surface area contributed by atoms with E-state index >= 15 is 0 Å². The van der Waals surface area contributed by atoms with Gasteiger partial charge in [0.25, 0.3) is 0 Å². The Balaban J connectivity index is 0. The fourth-order valence-corrected chi connectivity index (χ4v) is 2.17. The monoisotopic (exact) mass is 441 g/mol. The lowest BCUT2D eigenvalue weighted by Crippen LogP contribution is -2.46. The molecule has 0 heterocycles. The number of halogens is 1. The predicted molar refractivity (Wildman–Crippen MR) is 110 cm³/mol. The van der Waals surface area contributed by atoms with Crippen LogP contribution in [-0.4, -0.2) is 61.1 Å². The first kappa shape index (κ1) is 24.7. The molecule has 6 nitrogen and oxygen atoms in total. The molecular formula is C16H36IN5O. The van der Waals surface area contributed by atoms with Crippen LogP contribution in [0.3, 0.4) is 0 Å². The Kier molecular flexibility index (Phi) is 13.7. The number of rotatable bonds is 8. The Morgan fingerprint density at radius 2 is 1.70 bits per heavy atom. The number of hydrogen-bond donors (Lipinski definition) is 3. The molecule has 138 valence electrons. The normalized spacial score (nSPS) is 13.3. The molecule has 1 unspecified atom stereocenters. The summed E-state index contributed by atoms with van der Waals surface area (Å²) in [6.07, 6.45) is 0. The van der Waals surface area contributed by atoms with Gasteiger partial charge in [0, 0.05) is 24.7 Å². The summed E-state index contributed by atoms with van der Waals surface area (Å²) in [5.74, 6) is 0.618. The summed E-state index contributed by atoms with van der Waals surface area (Å²) in [5.41, 5.74) is -0.227. The van der Waals surface area contributed by atoms with Gasteiger partial charge in [0.15, 0.2) is 5.96 Å². The number of guanidine groups is 1. The first-order valence-electron chi connectivity index (χ1n) is 8.30. The summed E-state index contributed by atoms with van der Waals surface area (Å²) >= 11 is 0. The molecule has 0 aromatic carbocycles. The molecule has 0 spiro atoms. The number of amides is 1. The number of nitrogens with zero attached hydrogens (tertiary/aromatic N) is 2. The minimum atomic E-state index is -0.227. The van der Waals surface area contributed by atoms with Crippen LogP contribution in [0.4, 0.5) is 0 Å². The summed E-state index contributed by atoms with van der Waals surface area (Å²) in [5, 5.41) is 9.38. The van der Waals surface area contributed by atoms with Gasteiger partial charge < -0.3 is 16.0 Å². The lowest BCUT2D eigenvalue weighted by Gasteiger charge is -2.27. The maximum Gasteiger partial charge on any atom is 0.242 e. The lowest BCUT2D eigenvalue weighted by atomic mass is 10.1. The van der Waals surface area contributed by atoms with Crippen molar-refractivity contribution in [3.8, 4) is 0 Å². The number of nitrogens with one attached hydrogen (secondary N) is 3. The van der Waals surface area contributed by atoms with Crippen LogP contribution in [0.1, 0.15) is 48.5 Å². The van der Waals surface area contributed by atoms with Gasteiger partial charge in [0.2, 0.25) is 5.91 Å². The highest BCUT2D eigenvalue weighted by molar-refractivity contribution is 14.0. The topological polar surface area (TPSA) is 68.8 Å². The number of aliphatic imine (C=N–C) groups is 1. The smallest absolute Gasteiger partial charge is 0.242 e. The molecule has 3 N–H and O–H groups in total. The van der Waals surface area contributed by atoms with Crippen LogP contribution < -0.4 is 16.0 Å². The Morgan fingerprint density at radius 1 is 1.13 bits per heavy atom. The maximum atomic E-state index is 11.8. The van der Waals surface area contributed by atoms with Gasteiger partial charge >= 0.3 is 0 Å². The first-order chi connectivity index (χ1) is 10.2. The molecule has 1 atom stereocenters. The van der Waals surface area contributed by atoms with Crippen molar-refractivity contribution in [2.75, 3.05) is 32.7 Å². The highest BCUT2D eigenvalue weighted by Gasteiger charge is 2.14. The largest absolute Gasteiger partial charge is 0.357 e. The second kappa shape index (κ2) is 12.8. The van der Waals surface area contributed by atoms with Gasteiger partial charge in [-0.05, 0) is 47.7 Å². The van der Waals surface area contributed by atoms with Crippen molar-refractivity contribution in [3.63, 3.8) is 0 Å². The second-order valence-electron chi connectivity index (χ2n) is 6.44. The number of likely N-dealkylation sites (N-methyl/N-ethyl adjacent to an activating group) is 1. The third-order valence-electron chi connectivity index (χ3n) is 3.24. The van der Waals surface area contributed by atoms with Crippen LogP contribution in [0.25, 0.3) is 0 Å². The van der Waals surface area contributed by atoms with Crippen molar-refractivity contribution in [2.24, 2.45) is 4.99 Å². The maximum absolute atomic E-state index is 11.8. The molecule has 7 heteroatoms. The van der Waals surface area contributed by atoms with Crippen molar-refractivity contribution in [3.05, 3.63) is 0 Å². The zero-order chi connectivity index (χ0) is 17.2. The summed E-state index contributed by atoms with van der Waals surface area (Å²) in [7, 11) is 0. The first-order valence-corrected chi connectivity index (χ1v) is 8.30. The highest BCUT2D eigenvalue weighted by atomic mass is 127. The Bertz CT molecular complexity index is 351. The average molecular weight is 441 g/mol. The lowest BCUT2D eigenvalue weighted by molar-refractivity contribution is -0.121. The van der Waals surface area contributed by atoms with Crippen LogP contribution in [0.2, 0.25) is 0 Å². The van der Waals surface area contributed by atoms with Gasteiger partial charge in [0.05, 0.1) is 0 Å². The third-order valence-corrected chi connectivity index (χ3v) is 3.24. The van der Waals surface area contributed by atoms with Gasteiger partial charge in [-0.3, -0.25) is 9.69 Å². The minimum Gasteiger partial charge on any atom is -0.357 e. The Morgan fingerprint density at radius 3 is 2.13 bits per heavy atom. The van der Waals surface area contributed by atoms with Crippen LogP contribution in [0.5, 0.6) is 0 Å². The van der Waals surface area contributed by atoms with E-state index in [2.05, 4.69) is 46.6 Å². The molecule has 0 aliphatic carbocycles. The van der Waals surface area contributed by atoms with Crippen molar-refractivity contribution >= 4 is 35.8 Å². The van der Waals surface area contributed by atoms with E-state index in [0.717, 1.165) is 26.2 Å². The van der Waals surface area contributed by atoms with Crippen LogP contribution in [0.15, 0.2) is 4.99 Å². The molecule has 0 bridgehead atoms. The summed E-state index contributed by atoms with van der Waals surface area (Å²) in [6.45, 7) is 18.2. The van der Waals surface area contributed by atoms with Gasteiger partial charge in [-0.25, -0.2) is 4.99 Å². The molecule has 0 aliphatic rings. The standard InChI is InChI=1S/C16H35N5O.HI/c1-8-17-15(18-11-13(4)21(9-2)10-3)19-12-14(22)20-16(5,6)7;/h13H,8-12H2,1-7H3,(H,20,22)(H2,17,18,19);1H. The minimum absolute atomic E-state index is 0. The van der Waals surface area contributed by atoms with E-state index in [9.17, 15) is 4.79 Å². The highest BCUT2D eigenvalue weighted by Crippen LogP contribution is 1.98. The molecule has 0 aromatic heterocycles. The van der Waals surface area contributed by atoms with Crippen molar-refractivity contribution in [1.82, 2.24) is 20.9 Å². The van der Waals surface area contributed by atoms with Gasteiger partial charge in [-0.2, -0.15) is 0 Å². The summed E-state index contributed by atoms with van der Waals surface area (Å²) < 4.78 is 0. The number of hydrogen-bond acceptors (Lipinski definition) is 3. The fraction of sp³-hybridized carbons (Fsp3) is 0.875. The van der Waals surface area contributed by atoms with E-state index in [1.54, 1.807) is 0 Å². The molecule has 0 aliphatic heterocycles. The van der Waals surface area contributed by atoms with Crippen molar-refractivity contribution in [1.29, 1.82) is 0 Å². The van der Waals surface area contributed by atoms with E-state index in [1.807, 2.05) is 27.7 Å². The molecule has 0 rings (SSSR count). The third kappa shape index (κ3) is 12.5. The SMILES string of the molecule is CCNC(=NCC(=O)NC(C)(C)C)NCC(C)N(CC)CC.I. The molecule has 0 aromatic rings. The molecule has 23 heavy (non-hydrogen) atoms. The number of carbonyl (C=O) groups is 1. The summed E-state index contributed by atoms with van der Waals surface area (Å²) in [4.78, 5) is 18.5. The molecule has 0 saturated carbocycles. The number of carbonyl (C=O) groups excluding carboxylic acids is 1. The fourth-order valence-electron chi connectivity index (χ4n) is 2.17. The predicted octanol–water partition coefficient (Wildman–Crippen LogP) is 1.80. The summed E-state index contributed by atoms with van der Waals surface area (Å²) in [6, 6.07) is 0.419. The Labute approximate surface area is 159 Å². The van der Waals surface area contributed by atoms with E-state index in [1.165, 1.54) is 0 Å². The van der Waals surface area contributed by atoms with E-state index in [4.69, 9.17) is 0 Å². The zero-order valence-corrected chi connectivity index (χ0v) is 18.2. The van der Waals surface area contributed by atoms with Gasteiger partial charge in [-0.1, -0.05) is 13.8 Å². The molecule has 0 fully saturated rings. The second-order valence-corrected chi connectivity index (χ2v) is 6.44. The Hall–Kier alpha value is -0.570. The van der Waals surface area contributed by atoms with Crippen molar-refractivity contribution in [2.45, 2.75) is 60.0 Å². The van der Waals surface area contributed by atoms with Crippen molar-refractivity contribution < 1.29 is 4.79 Å². The average Bonchev–Trinajstić information content (AvgIpc) is 2.41. The zero-order valence-electron chi connectivity index (χ0n) is 15.8. The van der Waals surface area contributed by atoms with E-state index in [0.29, 0.717) is 12.0 Å². The van der Waals surface area contributed by atoms with E-state index < -0.39 is 0 Å². The molecular weight excluding hydrogens is 405 g/mol. The van der Waals surface area contributed by atoms with Gasteiger partial charge in [0.1, 0.15) is 6.54 Å². The quantitative estimate of drug-likeness (QED) is 0.305. The van der Waals surface area contributed by atoms with Crippen LogP contribution in [0, 0.1) is 0 Å². The molecule has 1 amide bonds. The molecule has 0 radical (unpaired) electrons. The van der Waals surface area contributed by atoms with Crippen LogP contribution in [-0.2, 0) is 4.79 Å².